The summed E-state index contributed by atoms with van der Waals surface area (Å²) in [6, 6.07) is 0.306. The van der Waals surface area contributed by atoms with Gasteiger partial charge in [-0.05, 0) is 32.1 Å². The lowest BCUT2D eigenvalue weighted by atomic mass is 9.83. The lowest BCUT2D eigenvalue weighted by Gasteiger charge is -2.28. The van der Waals surface area contributed by atoms with Gasteiger partial charge in [-0.3, -0.25) is 14.4 Å². The highest BCUT2D eigenvalue weighted by molar-refractivity contribution is 5.80. The van der Waals surface area contributed by atoms with Gasteiger partial charge < -0.3 is 15.4 Å². The first-order valence-corrected chi connectivity index (χ1v) is 11.1. The van der Waals surface area contributed by atoms with E-state index in [1.54, 1.807) is 7.11 Å². The third-order valence-electron chi connectivity index (χ3n) is 4.19. The predicted molar refractivity (Wildman–Crippen MR) is 117 cm³/mol. The Morgan fingerprint density at radius 1 is 1.04 bits per heavy atom. The molecule has 0 heterocycles. The molecular formula is C22H46N2O4. The molecule has 0 aromatic rings. The SMILES string of the molecule is CC.CC.CCCCC(=O)NC1CCC(C(=O)CC)CC1.COCCNC=O. The summed E-state index contributed by atoms with van der Waals surface area (Å²) in [6.07, 6.45) is 7.81. The quantitative estimate of drug-likeness (QED) is 0.422. The van der Waals surface area contributed by atoms with E-state index >= 15 is 0 Å². The Morgan fingerprint density at radius 3 is 2.04 bits per heavy atom. The number of carbonyl (C=O) groups excluding carboxylic acids is 3. The Labute approximate surface area is 173 Å². The number of nitrogens with one attached hydrogen (secondary N) is 2. The number of rotatable bonds is 10. The van der Waals surface area contributed by atoms with E-state index in [1.165, 1.54) is 0 Å². The summed E-state index contributed by atoms with van der Waals surface area (Å²) >= 11 is 0. The van der Waals surface area contributed by atoms with E-state index in [2.05, 4.69) is 22.3 Å². The summed E-state index contributed by atoms with van der Waals surface area (Å²) in [5, 5.41) is 5.52. The number of Topliss-reactive ketones (excluding diaryl/α,β-unsaturated/α-hetero) is 1. The summed E-state index contributed by atoms with van der Waals surface area (Å²) in [5.74, 6) is 0.821. The molecule has 2 amide bonds. The Hall–Kier alpha value is -1.43. The van der Waals surface area contributed by atoms with Gasteiger partial charge in [0.25, 0.3) is 0 Å². The summed E-state index contributed by atoms with van der Waals surface area (Å²) in [4.78, 5) is 32.6. The first-order chi connectivity index (χ1) is 13.6. The van der Waals surface area contributed by atoms with Gasteiger partial charge in [0.05, 0.1) is 6.61 Å². The molecule has 0 bridgehead atoms. The molecule has 1 fully saturated rings. The molecule has 0 aromatic carbocycles. The zero-order chi connectivity index (χ0) is 22.2. The summed E-state index contributed by atoms with van der Waals surface area (Å²) in [7, 11) is 1.59. The molecule has 0 atom stereocenters. The molecule has 1 saturated carbocycles. The molecule has 6 heteroatoms. The number of ether oxygens (including phenoxy) is 1. The Kier molecular flexibility index (Phi) is 28.6. The molecule has 1 aliphatic carbocycles. The third kappa shape index (κ3) is 19.3. The number of hydrogen-bond acceptors (Lipinski definition) is 4. The second-order valence-electron chi connectivity index (χ2n) is 6.10. The Balaban J connectivity index is -0.000000477. The first kappa shape index (κ1) is 31.3. The van der Waals surface area contributed by atoms with Gasteiger partial charge in [0.1, 0.15) is 5.78 Å². The maximum Gasteiger partial charge on any atom is 0.220 e. The van der Waals surface area contributed by atoms with Crippen molar-refractivity contribution >= 4 is 18.1 Å². The van der Waals surface area contributed by atoms with Gasteiger partial charge in [-0.1, -0.05) is 48.0 Å². The number of methoxy groups -OCH3 is 1. The van der Waals surface area contributed by atoms with Crippen LogP contribution in [-0.2, 0) is 19.1 Å². The van der Waals surface area contributed by atoms with E-state index in [9.17, 15) is 14.4 Å². The minimum absolute atomic E-state index is 0.178. The van der Waals surface area contributed by atoms with Gasteiger partial charge in [-0.25, -0.2) is 0 Å². The first-order valence-electron chi connectivity index (χ1n) is 11.1. The number of carbonyl (C=O) groups is 3. The van der Waals surface area contributed by atoms with Crippen LogP contribution in [0.15, 0.2) is 0 Å². The highest BCUT2D eigenvalue weighted by Crippen LogP contribution is 2.25. The van der Waals surface area contributed by atoms with E-state index < -0.39 is 0 Å². The molecule has 6 nitrogen and oxygen atoms in total. The second kappa shape index (κ2) is 25.6. The molecule has 0 spiro atoms. The van der Waals surface area contributed by atoms with E-state index in [0.29, 0.717) is 44.2 Å². The largest absolute Gasteiger partial charge is 0.383 e. The third-order valence-corrected chi connectivity index (χ3v) is 4.19. The van der Waals surface area contributed by atoms with Crippen molar-refractivity contribution in [2.75, 3.05) is 20.3 Å². The fourth-order valence-corrected chi connectivity index (χ4v) is 2.71. The Morgan fingerprint density at radius 2 is 1.61 bits per heavy atom. The van der Waals surface area contributed by atoms with Crippen LogP contribution in [0.5, 0.6) is 0 Å². The van der Waals surface area contributed by atoms with E-state index in [0.717, 1.165) is 38.5 Å². The van der Waals surface area contributed by atoms with Crippen LogP contribution in [0.1, 0.15) is 92.9 Å². The summed E-state index contributed by atoms with van der Waals surface area (Å²) < 4.78 is 4.62. The molecule has 0 aromatic heterocycles. The van der Waals surface area contributed by atoms with Crippen molar-refractivity contribution in [2.45, 2.75) is 99.0 Å². The molecular weight excluding hydrogens is 356 g/mol. The highest BCUT2D eigenvalue weighted by atomic mass is 16.5. The van der Waals surface area contributed by atoms with Gasteiger partial charge in [0, 0.05) is 38.5 Å². The van der Waals surface area contributed by atoms with E-state index in [4.69, 9.17) is 0 Å². The van der Waals surface area contributed by atoms with Crippen molar-refractivity contribution < 1.29 is 19.1 Å². The van der Waals surface area contributed by atoms with Gasteiger partial charge in [-0.15, -0.1) is 0 Å². The van der Waals surface area contributed by atoms with Crippen molar-refractivity contribution in [2.24, 2.45) is 5.92 Å². The van der Waals surface area contributed by atoms with Crippen LogP contribution in [0.2, 0.25) is 0 Å². The van der Waals surface area contributed by atoms with Crippen molar-refractivity contribution in [1.29, 1.82) is 0 Å². The van der Waals surface area contributed by atoms with Crippen LogP contribution < -0.4 is 10.6 Å². The molecule has 28 heavy (non-hydrogen) atoms. The van der Waals surface area contributed by atoms with Crippen molar-refractivity contribution in [1.82, 2.24) is 10.6 Å². The minimum atomic E-state index is 0.178. The van der Waals surface area contributed by atoms with Crippen molar-refractivity contribution in [3.63, 3.8) is 0 Å². The molecule has 0 unspecified atom stereocenters. The number of hydrogen-bond donors (Lipinski definition) is 2. The Bertz CT molecular complexity index is 354. The molecule has 2 N–H and O–H groups in total. The standard InChI is InChI=1S/C14H25NO2.C4H9NO2.2C2H6/c1-3-5-6-14(17)15-12-9-7-11(8-10-12)13(16)4-2;1-7-3-2-5-4-6;2*1-2/h11-12H,3-10H2,1-2H3,(H,15,17);4H,2-3H2,1H3,(H,5,6);2*1-2H3. The van der Waals surface area contributed by atoms with Gasteiger partial charge in [0.2, 0.25) is 12.3 Å². The maximum atomic E-state index is 11.6. The van der Waals surface area contributed by atoms with Gasteiger partial charge in [-0.2, -0.15) is 0 Å². The topological polar surface area (TPSA) is 84.5 Å². The zero-order valence-electron chi connectivity index (χ0n) is 19.4. The smallest absolute Gasteiger partial charge is 0.220 e. The summed E-state index contributed by atoms with van der Waals surface area (Å²) in [6.45, 7) is 13.2. The van der Waals surface area contributed by atoms with Crippen LogP contribution >= 0.6 is 0 Å². The van der Waals surface area contributed by atoms with Crippen molar-refractivity contribution in [3.05, 3.63) is 0 Å². The fourth-order valence-electron chi connectivity index (χ4n) is 2.71. The lowest BCUT2D eigenvalue weighted by molar-refractivity contribution is -0.124. The average molecular weight is 403 g/mol. The van der Waals surface area contributed by atoms with Crippen LogP contribution in [0.25, 0.3) is 0 Å². The summed E-state index contributed by atoms with van der Waals surface area (Å²) in [5.41, 5.74) is 0. The van der Waals surface area contributed by atoms with Gasteiger partial charge >= 0.3 is 0 Å². The van der Waals surface area contributed by atoms with Gasteiger partial charge in [0.15, 0.2) is 0 Å². The van der Waals surface area contributed by atoms with Crippen LogP contribution in [0.4, 0.5) is 0 Å². The van der Waals surface area contributed by atoms with Crippen LogP contribution in [0, 0.1) is 5.92 Å². The average Bonchev–Trinajstić information content (AvgIpc) is 2.76. The van der Waals surface area contributed by atoms with E-state index in [-0.39, 0.29) is 11.8 Å². The fraction of sp³-hybridized carbons (Fsp3) is 0.864. The zero-order valence-corrected chi connectivity index (χ0v) is 19.4. The molecule has 1 rings (SSSR count). The van der Waals surface area contributed by atoms with Crippen LogP contribution in [0.3, 0.4) is 0 Å². The lowest BCUT2D eigenvalue weighted by Crippen LogP contribution is -2.38. The molecule has 0 radical (unpaired) electrons. The van der Waals surface area contributed by atoms with E-state index in [1.807, 2.05) is 34.6 Å². The number of ketones is 1. The number of amides is 2. The van der Waals surface area contributed by atoms with Crippen LogP contribution in [-0.4, -0.2) is 44.4 Å². The molecule has 0 aliphatic heterocycles. The monoisotopic (exact) mass is 402 g/mol. The maximum absolute atomic E-state index is 11.6. The normalized spacial score (nSPS) is 17.2. The van der Waals surface area contributed by atoms with Crippen molar-refractivity contribution in [3.8, 4) is 0 Å². The molecule has 0 saturated heterocycles. The molecule has 1 aliphatic rings. The molecule has 168 valence electrons. The predicted octanol–water partition coefficient (Wildman–Crippen LogP) is 4.26. The second-order valence-corrected chi connectivity index (χ2v) is 6.10. The minimum Gasteiger partial charge on any atom is -0.383 e. The number of unbranched alkanes of at least 4 members (excludes halogenated alkanes) is 1. The highest BCUT2D eigenvalue weighted by Gasteiger charge is 2.25.